The molecule has 0 aromatic heterocycles. The summed E-state index contributed by atoms with van der Waals surface area (Å²) in [5, 5.41) is 3.45. The molecule has 1 fully saturated rings. The third-order valence-electron chi connectivity index (χ3n) is 5.12. The highest BCUT2D eigenvalue weighted by Crippen LogP contribution is 2.23. The fourth-order valence-electron chi connectivity index (χ4n) is 3.67. The molecule has 1 N–H and O–H groups in total. The highest BCUT2D eigenvalue weighted by Gasteiger charge is 2.32. The first kappa shape index (κ1) is 23.6. The Morgan fingerprint density at radius 2 is 1.94 bits per heavy atom. The van der Waals surface area contributed by atoms with E-state index in [4.69, 9.17) is 16.3 Å². The summed E-state index contributed by atoms with van der Waals surface area (Å²) < 4.78 is 32.9. The third-order valence-corrected chi connectivity index (χ3v) is 7.18. The molecule has 0 bridgehead atoms. The molecular formula is C23H29ClN2O4S. The molecule has 31 heavy (non-hydrogen) atoms. The van der Waals surface area contributed by atoms with Gasteiger partial charge in [-0.1, -0.05) is 35.9 Å². The quantitative estimate of drug-likeness (QED) is 0.641. The Morgan fingerprint density at radius 1 is 1.19 bits per heavy atom. The number of carbonyl (C=O) groups is 1. The summed E-state index contributed by atoms with van der Waals surface area (Å²) in [6, 6.07) is 14.5. The van der Waals surface area contributed by atoms with E-state index in [-0.39, 0.29) is 30.2 Å². The molecule has 1 aliphatic heterocycles. The van der Waals surface area contributed by atoms with E-state index >= 15 is 0 Å². The zero-order chi connectivity index (χ0) is 22.4. The number of ether oxygens (including phenoxy) is 1. The number of amides is 1. The largest absolute Gasteiger partial charge is 0.491 e. The van der Waals surface area contributed by atoms with Gasteiger partial charge in [0.1, 0.15) is 5.75 Å². The first-order valence-corrected chi connectivity index (χ1v) is 12.5. The maximum absolute atomic E-state index is 12.9. The number of nitrogens with zero attached hydrogens (tertiary/aromatic N) is 1. The Hall–Kier alpha value is -2.09. The molecule has 1 atom stereocenters. The fourth-order valence-corrected chi connectivity index (χ4v) is 5.48. The molecule has 0 aliphatic carbocycles. The summed E-state index contributed by atoms with van der Waals surface area (Å²) in [6.07, 6.45) is 1.41. The van der Waals surface area contributed by atoms with Gasteiger partial charge in [-0.05, 0) is 62.1 Å². The Balaban J connectivity index is 1.57. The molecule has 1 aliphatic rings. The van der Waals surface area contributed by atoms with Crippen molar-refractivity contribution in [3.8, 4) is 5.75 Å². The smallest absolute Gasteiger partial charge is 0.224 e. The van der Waals surface area contributed by atoms with Gasteiger partial charge in [-0.2, -0.15) is 0 Å². The molecule has 8 heteroatoms. The van der Waals surface area contributed by atoms with Crippen LogP contribution >= 0.6 is 11.6 Å². The zero-order valence-corrected chi connectivity index (χ0v) is 19.5. The lowest BCUT2D eigenvalue weighted by Crippen LogP contribution is -2.45. The molecule has 1 amide bonds. The molecule has 1 unspecified atom stereocenters. The summed E-state index contributed by atoms with van der Waals surface area (Å²) in [7, 11) is -3.53. The lowest BCUT2D eigenvalue weighted by molar-refractivity contribution is -0.126. The van der Waals surface area contributed by atoms with Gasteiger partial charge in [0.25, 0.3) is 0 Å². The Kier molecular flexibility index (Phi) is 7.97. The molecule has 0 radical (unpaired) electrons. The van der Waals surface area contributed by atoms with Crippen molar-refractivity contribution in [3.05, 3.63) is 64.7 Å². The molecule has 6 nitrogen and oxygen atoms in total. The number of piperidine rings is 1. The van der Waals surface area contributed by atoms with Gasteiger partial charge in [-0.3, -0.25) is 4.79 Å². The lowest BCUT2D eigenvalue weighted by atomic mass is 9.99. The van der Waals surface area contributed by atoms with Crippen LogP contribution in [0.4, 0.5) is 0 Å². The van der Waals surface area contributed by atoms with Crippen LogP contribution in [0.3, 0.4) is 0 Å². The molecule has 1 heterocycles. The molecule has 2 aromatic rings. The van der Waals surface area contributed by atoms with E-state index in [0.29, 0.717) is 36.5 Å². The molecule has 0 spiro atoms. The van der Waals surface area contributed by atoms with Gasteiger partial charge in [0.15, 0.2) is 0 Å². The number of hydrogen-bond donors (Lipinski definition) is 1. The zero-order valence-electron chi connectivity index (χ0n) is 17.9. The minimum Gasteiger partial charge on any atom is -0.491 e. The number of benzene rings is 2. The first-order valence-electron chi connectivity index (χ1n) is 10.5. The predicted octanol–water partition coefficient (Wildman–Crippen LogP) is 3.99. The number of sulfonamides is 1. The van der Waals surface area contributed by atoms with Gasteiger partial charge in [0, 0.05) is 24.7 Å². The lowest BCUT2D eigenvalue weighted by Gasteiger charge is -2.31. The molecule has 0 saturated carbocycles. The fraction of sp³-hybridized carbons (Fsp3) is 0.435. The topological polar surface area (TPSA) is 75.7 Å². The minimum atomic E-state index is -3.53. The second-order valence-corrected chi connectivity index (χ2v) is 10.5. The maximum Gasteiger partial charge on any atom is 0.224 e. The summed E-state index contributed by atoms with van der Waals surface area (Å²) in [5.41, 5.74) is 1.58. The van der Waals surface area contributed by atoms with Gasteiger partial charge in [-0.25, -0.2) is 12.7 Å². The third kappa shape index (κ3) is 6.95. The van der Waals surface area contributed by atoms with E-state index in [9.17, 15) is 13.2 Å². The van der Waals surface area contributed by atoms with Crippen LogP contribution in [0.1, 0.15) is 37.8 Å². The van der Waals surface area contributed by atoms with Crippen LogP contribution in [-0.2, 0) is 27.1 Å². The summed E-state index contributed by atoms with van der Waals surface area (Å²) >= 11 is 5.97. The molecule has 1 saturated heterocycles. The average Bonchev–Trinajstić information content (AvgIpc) is 2.71. The Morgan fingerprint density at radius 3 is 2.68 bits per heavy atom. The normalized spacial score (nSPS) is 17.5. The van der Waals surface area contributed by atoms with Gasteiger partial charge >= 0.3 is 0 Å². The van der Waals surface area contributed by atoms with Gasteiger partial charge in [-0.15, -0.1) is 0 Å². The van der Waals surface area contributed by atoms with Crippen LogP contribution in [0.25, 0.3) is 0 Å². The second-order valence-electron chi connectivity index (χ2n) is 8.12. The minimum absolute atomic E-state index is 0.0759. The first-order chi connectivity index (χ1) is 14.7. The van der Waals surface area contributed by atoms with Crippen molar-refractivity contribution in [3.63, 3.8) is 0 Å². The van der Waals surface area contributed by atoms with Gasteiger partial charge in [0.2, 0.25) is 15.9 Å². The summed E-state index contributed by atoms with van der Waals surface area (Å²) in [5.74, 6) is 0.151. The highest BCUT2D eigenvalue weighted by atomic mass is 35.5. The van der Waals surface area contributed by atoms with Crippen LogP contribution in [0.2, 0.25) is 5.02 Å². The molecule has 2 aromatic carbocycles. The van der Waals surface area contributed by atoms with Crippen LogP contribution < -0.4 is 10.1 Å². The Bertz CT molecular complexity index is 1010. The van der Waals surface area contributed by atoms with Crippen molar-refractivity contribution in [2.45, 2.75) is 45.1 Å². The van der Waals surface area contributed by atoms with E-state index < -0.39 is 10.0 Å². The van der Waals surface area contributed by atoms with Gasteiger partial charge in [0.05, 0.1) is 17.8 Å². The predicted molar refractivity (Wildman–Crippen MR) is 122 cm³/mol. The van der Waals surface area contributed by atoms with Crippen molar-refractivity contribution in [1.82, 2.24) is 9.62 Å². The van der Waals surface area contributed by atoms with Crippen molar-refractivity contribution in [1.29, 1.82) is 0 Å². The van der Waals surface area contributed by atoms with Crippen molar-refractivity contribution in [2.24, 2.45) is 5.92 Å². The Labute approximate surface area is 189 Å². The maximum atomic E-state index is 12.9. The van der Waals surface area contributed by atoms with E-state index in [1.807, 2.05) is 38.1 Å². The van der Waals surface area contributed by atoms with Crippen LogP contribution in [0.15, 0.2) is 48.5 Å². The summed E-state index contributed by atoms with van der Waals surface area (Å²) in [4.78, 5) is 12.7. The number of carbonyl (C=O) groups excluding carboxylic acids is 1. The van der Waals surface area contributed by atoms with E-state index in [1.54, 1.807) is 24.3 Å². The van der Waals surface area contributed by atoms with Gasteiger partial charge < -0.3 is 10.1 Å². The SMILES string of the molecule is CC(C)Oc1cccc(CNC(=O)C2CCCN(S(=O)(=O)Cc3cccc(Cl)c3)C2)c1. The number of halogens is 1. The molecular weight excluding hydrogens is 436 g/mol. The van der Waals surface area contributed by atoms with Crippen molar-refractivity contribution in [2.75, 3.05) is 13.1 Å². The van der Waals surface area contributed by atoms with Crippen molar-refractivity contribution >= 4 is 27.5 Å². The van der Waals surface area contributed by atoms with Crippen LogP contribution in [0.5, 0.6) is 5.75 Å². The molecule has 168 valence electrons. The highest BCUT2D eigenvalue weighted by molar-refractivity contribution is 7.88. The summed E-state index contributed by atoms with van der Waals surface area (Å²) in [6.45, 7) is 4.93. The van der Waals surface area contributed by atoms with Crippen molar-refractivity contribution < 1.29 is 17.9 Å². The van der Waals surface area contributed by atoms with Crippen LogP contribution in [0, 0.1) is 5.92 Å². The number of rotatable bonds is 8. The second kappa shape index (κ2) is 10.5. The number of nitrogens with one attached hydrogen (secondary N) is 1. The van der Waals surface area contributed by atoms with Crippen LogP contribution in [-0.4, -0.2) is 37.8 Å². The number of hydrogen-bond acceptors (Lipinski definition) is 4. The average molecular weight is 465 g/mol. The monoisotopic (exact) mass is 464 g/mol. The van der Waals surface area contributed by atoms with E-state index in [2.05, 4.69) is 5.32 Å². The van der Waals surface area contributed by atoms with E-state index in [0.717, 1.165) is 11.3 Å². The standard InChI is InChI=1S/C23H29ClN2O4S/c1-17(2)30-22-10-4-6-18(13-22)14-25-23(27)20-8-5-11-26(15-20)31(28,29)16-19-7-3-9-21(24)12-19/h3-4,6-7,9-10,12-13,17,20H,5,8,11,14-16H2,1-2H3,(H,25,27). The van der Waals surface area contributed by atoms with E-state index in [1.165, 1.54) is 4.31 Å². The molecule has 3 rings (SSSR count).